The van der Waals surface area contributed by atoms with Gasteiger partial charge < -0.3 is 10.1 Å². The molecule has 1 N–H and O–H groups in total. The number of benzene rings is 2. The molecule has 0 fully saturated rings. The second-order valence-corrected chi connectivity index (χ2v) is 8.67. The van der Waals surface area contributed by atoms with Crippen molar-refractivity contribution >= 4 is 11.6 Å². The van der Waals surface area contributed by atoms with E-state index < -0.39 is 23.5 Å². The van der Waals surface area contributed by atoms with Gasteiger partial charge in [0.15, 0.2) is 0 Å². The zero-order valence-corrected chi connectivity index (χ0v) is 19.6. The molecule has 3 heterocycles. The summed E-state index contributed by atoms with van der Waals surface area (Å²) in [5.74, 6) is 0.0247. The van der Waals surface area contributed by atoms with Crippen molar-refractivity contribution in [3.05, 3.63) is 83.2 Å². The Hall–Kier alpha value is -3.95. The van der Waals surface area contributed by atoms with Gasteiger partial charge >= 0.3 is 6.18 Å². The topological polar surface area (TPSA) is 64.9 Å². The van der Waals surface area contributed by atoms with Crippen LogP contribution in [0, 0.1) is 12.7 Å². The van der Waals surface area contributed by atoms with Gasteiger partial charge in [-0.15, -0.1) is 5.10 Å². The molecule has 0 spiro atoms. The van der Waals surface area contributed by atoms with Crippen molar-refractivity contribution in [2.45, 2.75) is 38.4 Å². The largest absolute Gasteiger partial charge is 0.496 e. The number of alkyl halides is 3. The van der Waals surface area contributed by atoms with E-state index in [0.29, 0.717) is 36.6 Å². The lowest BCUT2D eigenvalue weighted by molar-refractivity contribution is -0.137. The lowest BCUT2D eigenvalue weighted by Gasteiger charge is -2.23. The summed E-state index contributed by atoms with van der Waals surface area (Å²) >= 11 is 0. The first-order valence-electron chi connectivity index (χ1n) is 11.4. The third kappa shape index (κ3) is 4.62. The number of rotatable bonds is 5. The Morgan fingerprint density at radius 1 is 1.08 bits per heavy atom. The molecule has 0 bridgehead atoms. The molecule has 0 radical (unpaired) electrons. The molecule has 2 aromatic carbocycles. The molecule has 0 amide bonds. The fourth-order valence-corrected chi connectivity index (χ4v) is 4.54. The Balaban J connectivity index is 1.44. The van der Waals surface area contributed by atoms with Crippen LogP contribution in [-0.2, 0) is 12.7 Å². The van der Waals surface area contributed by atoms with Gasteiger partial charge in [-0.3, -0.25) is 4.98 Å². The molecule has 1 unspecified atom stereocenters. The van der Waals surface area contributed by atoms with Crippen LogP contribution in [-0.4, -0.2) is 26.9 Å². The fourth-order valence-electron chi connectivity index (χ4n) is 4.54. The standard InChI is InChI=1S/C26H23F4N5O/c1-15-12-16(9-10-31-15)19-7-6-18(14-23(19)36-2)32-25-33-24-20(4-3-11-35(24)34-25)21-13-17(26(28,29)30)5-8-22(21)27/h5-10,12-14,20H,3-4,11H2,1-2H3,(H,32,34). The third-order valence-corrected chi connectivity index (χ3v) is 6.24. The Morgan fingerprint density at radius 2 is 1.92 bits per heavy atom. The number of nitrogens with one attached hydrogen (secondary N) is 1. The first kappa shape index (κ1) is 23.8. The van der Waals surface area contributed by atoms with Crippen LogP contribution in [0.2, 0.25) is 0 Å². The lowest BCUT2D eigenvalue weighted by atomic mass is 9.89. The number of nitrogens with zero attached hydrogens (tertiary/aromatic N) is 4. The number of ether oxygens (including phenoxy) is 1. The van der Waals surface area contributed by atoms with Crippen LogP contribution in [0.5, 0.6) is 5.75 Å². The van der Waals surface area contributed by atoms with Crippen LogP contribution < -0.4 is 10.1 Å². The highest BCUT2D eigenvalue weighted by Crippen LogP contribution is 2.38. The normalized spacial score (nSPS) is 15.4. The van der Waals surface area contributed by atoms with E-state index in [0.717, 1.165) is 35.0 Å². The van der Waals surface area contributed by atoms with Gasteiger partial charge in [0.2, 0.25) is 5.95 Å². The number of aryl methyl sites for hydroxylation is 2. The molecule has 1 aliphatic heterocycles. The average molecular weight is 497 g/mol. The van der Waals surface area contributed by atoms with E-state index in [4.69, 9.17) is 4.74 Å². The smallest absolute Gasteiger partial charge is 0.416 e. The van der Waals surface area contributed by atoms with Crippen molar-refractivity contribution in [1.82, 2.24) is 19.7 Å². The van der Waals surface area contributed by atoms with Crippen molar-refractivity contribution < 1.29 is 22.3 Å². The molecule has 0 aliphatic carbocycles. The van der Waals surface area contributed by atoms with Gasteiger partial charge in [-0.2, -0.15) is 18.2 Å². The molecule has 1 aliphatic rings. The minimum atomic E-state index is -4.56. The van der Waals surface area contributed by atoms with Gasteiger partial charge in [-0.05, 0) is 73.4 Å². The molecule has 4 aromatic rings. The summed E-state index contributed by atoms with van der Waals surface area (Å²) in [6.07, 6.45) is -1.70. The molecular weight excluding hydrogens is 474 g/mol. The predicted molar refractivity (Wildman–Crippen MR) is 127 cm³/mol. The minimum absolute atomic E-state index is 0.0246. The van der Waals surface area contributed by atoms with Crippen molar-refractivity contribution in [3.63, 3.8) is 0 Å². The molecule has 36 heavy (non-hydrogen) atoms. The Labute approximate surface area is 205 Å². The van der Waals surface area contributed by atoms with Gasteiger partial charge in [0.1, 0.15) is 17.4 Å². The first-order chi connectivity index (χ1) is 17.2. The lowest BCUT2D eigenvalue weighted by Crippen LogP contribution is -2.19. The van der Waals surface area contributed by atoms with Crippen LogP contribution in [0.1, 0.15) is 41.4 Å². The summed E-state index contributed by atoms with van der Waals surface area (Å²) in [4.78, 5) is 8.75. The van der Waals surface area contributed by atoms with E-state index in [9.17, 15) is 17.6 Å². The fraction of sp³-hybridized carbons (Fsp3) is 0.269. The summed E-state index contributed by atoms with van der Waals surface area (Å²) in [5, 5.41) is 7.61. The van der Waals surface area contributed by atoms with Crippen LogP contribution in [0.3, 0.4) is 0 Å². The number of hydrogen-bond donors (Lipinski definition) is 1. The van der Waals surface area contributed by atoms with Crippen LogP contribution in [0.25, 0.3) is 11.1 Å². The van der Waals surface area contributed by atoms with Gasteiger partial charge in [-0.25, -0.2) is 9.07 Å². The van der Waals surface area contributed by atoms with Gasteiger partial charge in [-0.1, -0.05) is 0 Å². The molecule has 2 aromatic heterocycles. The second kappa shape index (κ2) is 9.25. The van der Waals surface area contributed by atoms with Crippen molar-refractivity contribution in [3.8, 4) is 16.9 Å². The Morgan fingerprint density at radius 3 is 2.67 bits per heavy atom. The highest BCUT2D eigenvalue weighted by molar-refractivity contribution is 5.74. The molecule has 1 atom stereocenters. The minimum Gasteiger partial charge on any atom is -0.496 e. The molecule has 5 rings (SSSR count). The van der Waals surface area contributed by atoms with E-state index in [1.165, 1.54) is 0 Å². The van der Waals surface area contributed by atoms with E-state index in [-0.39, 0.29) is 11.5 Å². The maximum Gasteiger partial charge on any atom is 0.416 e. The monoisotopic (exact) mass is 497 g/mol. The SMILES string of the molecule is COc1cc(Nc2nc3n(n2)CCCC3c2cc(C(F)(F)F)ccc2F)ccc1-c1ccnc(C)c1. The molecule has 6 nitrogen and oxygen atoms in total. The molecule has 186 valence electrons. The maximum absolute atomic E-state index is 14.6. The maximum atomic E-state index is 14.6. The summed E-state index contributed by atoms with van der Waals surface area (Å²) < 4.78 is 61.6. The van der Waals surface area contributed by atoms with E-state index >= 15 is 0 Å². The summed E-state index contributed by atoms with van der Waals surface area (Å²) in [6.45, 7) is 2.46. The van der Waals surface area contributed by atoms with E-state index in [1.807, 2.05) is 37.3 Å². The predicted octanol–water partition coefficient (Wildman–Crippen LogP) is 6.48. The highest BCUT2D eigenvalue weighted by atomic mass is 19.4. The quantitative estimate of drug-likeness (QED) is 0.320. The first-order valence-corrected chi connectivity index (χ1v) is 11.4. The number of fused-ring (bicyclic) bond motifs is 1. The molecule has 10 heteroatoms. The number of aromatic nitrogens is 4. The zero-order valence-electron chi connectivity index (χ0n) is 19.6. The molecule has 0 saturated heterocycles. The number of halogens is 4. The van der Waals surface area contributed by atoms with Crippen LogP contribution in [0.15, 0.2) is 54.7 Å². The summed E-state index contributed by atoms with van der Waals surface area (Å²) in [7, 11) is 1.58. The van der Waals surface area contributed by atoms with Crippen molar-refractivity contribution in [2.75, 3.05) is 12.4 Å². The Kier molecular flexibility index (Phi) is 6.11. The van der Waals surface area contributed by atoms with Crippen molar-refractivity contribution in [1.29, 1.82) is 0 Å². The number of methoxy groups -OCH3 is 1. The number of anilines is 2. The van der Waals surface area contributed by atoms with Gasteiger partial charge in [0.05, 0.1) is 12.7 Å². The second-order valence-electron chi connectivity index (χ2n) is 8.67. The number of hydrogen-bond acceptors (Lipinski definition) is 5. The number of pyridine rings is 1. The Bertz CT molecular complexity index is 1420. The van der Waals surface area contributed by atoms with Gasteiger partial charge in [0.25, 0.3) is 0 Å². The van der Waals surface area contributed by atoms with E-state index in [1.54, 1.807) is 18.0 Å². The summed E-state index contributed by atoms with van der Waals surface area (Å²) in [5.41, 5.74) is 2.51. The highest BCUT2D eigenvalue weighted by Gasteiger charge is 2.34. The van der Waals surface area contributed by atoms with Crippen LogP contribution >= 0.6 is 0 Å². The third-order valence-electron chi connectivity index (χ3n) is 6.24. The van der Waals surface area contributed by atoms with E-state index in [2.05, 4.69) is 20.4 Å². The molecule has 0 saturated carbocycles. The molecular formula is C26H23F4N5O. The summed E-state index contributed by atoms with van der Waals surface area (Å²) in [6, 6.07) is 11.9. The van der Waals surface area contributed by atoms with Crippen molar-refractivity contribution in [2.24, 2.45) is 0 Å². The van der Waals surface area contributed by atoms with Crippen LogP contribution in [0.4, 0.5) is 29.2 Å². The zero-order chi connectivity index (χ0) is 25.4. The average Bonchev–Trinajstić information content (AvgIpc) is 3.26. The van der Waals surface area contributed by atoms with Gasteiger partial charge in [0, 0.05) is 41.7 Å².